The first kappa shape index (κ1) is 35.2. The molecule has 0 unspecified atom stereocenters. The van der Waals surface area contributed by atoms with Gasteiger partial charge in [0.2, 0.25) is 0 Å². The van der Waals surface area contributed by atoms with Crippen molar-refractivity contribution < 1.29 is 4.42 Å². The molecule has 0 amide bonds. The van der Waals surface area contributed by atoms with Gasteiger partial charge >= 0.3 is 0 Å². The van der Waals surface area contributed by atoms with Crippen LogP contribution in [-0.4, -0.2) is 0 Å². The van der Waals surface area contributed by atoms with Crippen molar-refractivity contribution in [3.8, 4) is 55.6 Å². The second kappa shape index (κ2) is 15.1. The third-order valence-electron chi connectivity index (χ3n) is 11.7. The molecule has 0 bridgehead atoms. The van der Waals surface area contributed by atoms with Gasteiger partial charge in [-0.25, -0.2) is 0 Å². The summed E-state index contributed by atoms with van der Waals surface area (Å²) in [6.45, 7) is 0. The number of anilines is 3. The number of para-hydroxylation sites is 2. The molecule has 0 fully saturated rings. The number of benzene rings is 10. The Bertz CT molecular complexity index is 3290. The molecule has 0 aliphatic carbocycles. The Hall–Kier alpha value is -7.94. The minimum atomic E-state index is 0.900. The monoisotopic (exact) mass is 765 g/mol. The minimum Gasteiger partial charge on any atom is -0.455 e. The second-order valence-electron chi connectivity index (χ2n) is 15.2. The van der Waals surface area contributed by atoms with Crippen molar-refractivity contribution in [2.24, 2.45) is 0 Å². The Balaban J connectivity index is 1.12. The van der Waals surface area contributed by atoms with Crippen LogP contribution >= 0.6 is 0 Å². The summed E-state index contributed by atoms with van der Waals surface area (Å²) in [4.78, 5) is 2.39. The molecule has 1 aromatic heterocycles. The molecule has 282 valence electrons. The Morgan fingerprint density at radius 1 is 0.267 bits per heavy atom. The third-order valence-corrected chi connectivity index (χ3v) is 11.7. The van der Waals surface area contributed by atoms with Crippen molar-refractivity contribution in [3.05, 3.63) is 237 Å². The summed E-state index contributed by atoms with van der Waals surface area (Å²) in [5.74, 6) is 0. The van der Waals surface area contributed by atoms with Gasteiger partial charge in [0.25, 0.3) is 0 Å². The van der Waals surface area contributed by atoms with Gasteiger partial charge in [0.1, 0.15) is 11.2 Å². The molecule has 10 aromatic carbocycles. The van der Waals surface area contributed by atoms with Gasteiger partial charge in [-0.2, -0.15) is 0 Å². The van der Waals surface area contributed by atoms with E-state index >= 15 is 0 Å². The summed E-state index contributed by atoms with van der Waals surface area (Å²) in [7, 11) is 0. The standard InChI is InChI=1S/C58H39NO/c1-4-16-40(17-5-1)49-36-34-46(38-55(49)42-18-6-2-7-19-42)59(45-32-30-44(31-33-45)50-26-15-28-54-53-25-12-13-29-57(53)60-58(50)54)47-35-37-52(56(39-47)43-20-8-3-9-21-43)51-27-14-23-41-22-10-11-24-48(41)51/h1-39H. The van der Waals surface area contributed by atoms with Gasteiger partial charge in [0.15, 0.2) is 0 Å². The zero-order valence-electron chi connectivity index (χ0n) is 32.9. The third kappa shape index (κ3) is 6.32. The van der Waals surface area contributed by atoms with E-state index in [1.807, 2.05) is 12.1 Å². The quantitative estimate of drug-likeness (QED) is 0.153. The molecule has 11 aromatic rings. The molecule has 2 heteroatoms. The highest BCUT2D eigenvalue weighted by atomic mass is 16.3. The van der Waals surface area contributed by atoms with Crippen LogP contribution in [0.4, 0.5) is 17.1 Å². The van der Waals surface area contributed by atoms with Crippen LogP contribution in [0, 0.1) is 0 Å². The van der Waals surface area contributed by atoms with Crippen LogP contribution < -0.4 is 4.90 Å². The molecule has 0 radical (unpaired) electrons. The maximum absolute atomic E-state index is 6.48. The molecular weight excluding hydrogens is 727 g/mol. The zero-order valence-corrected chi connectivity index (χ0v) is 32.9. The van der Waals surface area contributed by atoms with Crippen molar-refractivity contribution in [1.29, 1.82) is 0 Å². The minimum absolute atomic E-state index is 0.900. The van der Waals surface area contributed by atoms with E-state index in [9.17, 15) is 0 Å². The van der Waals surface area contributed by atoms with E-state index in [1.165, 1.54) is 55.3 Å². The molecule has 2 nitrogen and oxygen atoms in total. The highest BCUT2D eigenvalue weighted by molar-refractivity contribution is 6.09. The van der Waals surface area contributed by atoms with Gasteiger partial charge < -0.3 is 9.32 Å². The van der Waals surface area contributed by atoms with E-state index in [0.29, 0.717) is 0 Å². The predicted octanol–water partition coefficient (Wildman–Crippen LogP) is 16.5. The van der Waals surface area contributed by atoms with Crippen LogP contribution in [0.2, 0.25) is 0 Å². The summed E-state index contributed by atoms with van der Waals surface area (Å²) in [5, 5.41) is 4.72. The summed E-state index contributed by atoms with van der Waals surface area (Å²) in [5.41, 5.74) is 16.6. The number of rotatable bonds is 8. The van der Waals surface area contributed by atoms with Crippen molar-refractivity contribution in [2.45, 2.75) is 0 Å². The van der Waals surface area contributed by atoms with Crippen LogP contribution in [0.5, 0.6) is 0 Å². The number of hydrogen-bond donors (Lipinski definition) is 0. The van der Waals surface area contributed by atoms with Crippen LogP contribution in [0.15, 0.2) is 241 Å². The van der Waals surface area contributed by atoms with Crippen molar-refractivity contribution >= 4 is 49.8 Å². The Morgan fingerprint density at radius 3 is 1.42 bits per heavy atom. The fraction of sp³-hybridized carbons (Fsp3) is 0. The highest BCUT2D eigenvalue weighted by Crippen LogP contribution is 2.45. The molecule has 0 aliphatic heterocycles. The smallest absolute Gasteiger partial charge is 0.143 e. The Kier molecular flexibility index (Phi) is 8.87. The lowest BCUT2D eigenvalue weighted by molar-refractivity contribution is 0.670. The van der Waals surface area contributed by atoms with Gasteiger partial charge in [-0.15, -0.1) is 0 Å². The molecular formula is C58H39NO. The first-order chi connectivity index (χ1) is 29.8. The van der Waals surface area contributed by atoms with Crippen LogP contribution in [0.1, 0.15) is 0 Å². The van der Waals surface area contributed by atoms with Gasteiger partial charge in [-0.1, -0.05) is 194 Å². The van der Waals surface area contributed by atoms with E-state index in [0.717, 1.165) is 50.1 Å². The van der Waals surface area contributed by atoms with Gasteiger partial charge in [0.05, 0.1) is 0 Å². The van der Waals surface area contributed by atoms with E-state index in [4.69, 9.17) is 4.42 Å². The topological polar surface area (TPSA) is 16.4 Å². The normalized spacial score (nSPS) is 11.3. The molecule has 0 saturated heterocycles. The first-order valence-corrected chi connectivity index (χ1v) is 20.5. The molecule has 1 heterocycles. The van der Waals surface area contributed by atoms with E-state index in [2.05, 4.69) is 229 Å². The average molecular weight is 766 g/mol. The van der Waals surface area contributed by atoms with Gasteiger partial charge in [-0.05, 0) is 103 Å². The largest absolute Gasteiger partial charge is 0.455 e. The van der Waals surface area contributed by atoms with Crippen molar-refractivity contribution in [3.63, 3.8) is 0 Å². The number of furan rings is 1. The Labute approximate surface area is 349 Å². The maximum atomic E-state index is 6.48. The lowest BCUT2D eigenvalue weighted by atomic mass is 9.90. The summed E-state index contributed by atoms with van der Waals surface area (Å²) < 4.78 is 6.48. The molecule has 60 heavy (non-hydrogen) atoms. The molecule has 0 aliphatic rings. The molecule has 0 spiro atoms. The van der Waals surface area contributed by atoms with Crippen LogP contribution in [0.25, 0.3) is 88.3 Å². The Morgan fingerprint density at radius 2 is 0.733 bits per heavy atom. The maximum Gasteiger partial charge on any atom is 0.143 e. The molecule has 11 rings (SSSR count). The van der Waals surface area contributed by atoms with Crippen molar-refractivity contribution in [2.75, 3.05) is 4.90 Å². The van der Waals surface area contributed by atoms with Gasteiger partial charge in [-0.3, -0.25) is 0 Å². The van der Waals surface area contributed by atoms with E-state index in [1.54, 1.807) is 0 Å². The predicted molar refractivity (Wildman–Crippen MR) is 253 cm³/mol. The lowest BCUT2D eigenvalue weighted by Crippen LogP contribution is -2.10. The first-order valence-electron chi connectivity index (χ1n) is 20.5. The fourth-order valence-electron chi connectivity index (χ4n) is 8.83. The van der Waals surface area contributed by atoms with Crippen LogP contribution in [0.3, 0.4) is 0 Å². The van der Waals surface area contributed by atoms with Crippen molar-refractivity contribution in [1.82, 2.24) is 0 Å². The molecule has 0 N–H and O–H groups in total. The molecule has 0 atom stereocenters. The number of hydrogen-bond acceptors (Lipinski definition) is 2. The fourth-order valence-corrected chi connectivity index (χ4v) is 8.83. The average Bonchev–Trinajstić information content (AvgIpc) is 3.72. The summed E-state index contributed by atoms with van der Waals surface area (Å²) in [6, 6.07) is 84.9. The number of fused-ring (bicyclic) bond motifs is 4. The van der Waals surface area contributed by atoms with E-state index < -0.39 is 0 Å². The van der Waals surface area contributed by atoms with Gasteiger partial charge in [0, 0.05) is 33.4 Å². The summed E-state index contributed by atoms with van der Waals surface area (Å²) >= 11 is 0. The second-order valence-corrected chi connectivity index (χ2v) is 15.2. The summed E-state index contributed by atoms with van der Waals surface area (Å²) in [6.07, 6.45) is 0. The number of nitrogens with zero attached hydrogens (tertiary/aromatic N) is 1. The zero-order chi connectivity index (χ0) is 39.8. The van der Waals surface area contributed by atoms with Crippen LogP contribution in [-0.2, 0) is 0 Å². The SMILES string of the molecule is c1ccc(-c2ccc(N(c3ccc(-c4cccc5c4oc4ccccc45)cc3)c3ccc(-c4cccc5ccccc45)c(-c4ccccc4)c3)cc2-c2ccccc2)cc1. The highest BCUT2D eigenvalue weighted by Gasteiger charge is 2.20. The molecule has 0 saturated carbocycles. The lowest BCUT2D eigenvalue weighted by Gasteiger charge is -2.28. The van der Waals surface area contributed by atoms with E-state index in [-0.39, 0.29) is 0 Å².